The number of amides is 1. The molecular formula is C23H16FN3O4S. The maximum atomic E-state index is 14.1. The minimum Gasteiger partial charge on any atom is -0.440 e. The van der Waals surface area contributed by atoms with Gasteiger partial charge in [-0.25, -0.2) is 9.37 Å². The van der Waals surface area contributed by atoms with E-state index in [1.165, 1.54) is 24.3 Å². The molecule has 0 spiro atoms. The Morgan fingerprint density at radius 2 is 1.94 bits per heavy atom. The third-order valence-corrected chi connectivity index (χ3v) is 6.19. The molecule has 0 bridgehead atoms. The molecule has 1 aliphatic carbocycles. The molecule has 160 valence electrons. The van der Waals surface area contributed by atoms with Crippen LogP contribution in [0.25, 0.3) is 11.1 Å². The van der Waals surface area contributed by atoms with E-state index in [2.05, 4.69) is 10.3 Å². The number of aromatic nitrogens is 1. The maximum absolute atomic E-state index is 14.1. The third-order valence-electron chi connectivity index (χ3n) is 5.06. The molecule has 0 aliphatic heterocycles. The van der Waals surface area contributed by atoms with E-state index in [0.717, 1.165) is 24.6 Å². The van der Waals surface area contributed by atoms with Crippen molar-refractivity contribution in [1.82, 2.24) is 4.98 Å². The number of oxazole rings is 1. The number of non-ortho nitro benzene ring substituents is 1. The molecule has 3 aromatic carbocycles. The number of carbonyl (C=O) groups excluding carboxylic acids is 1. The van der Waals surface area contributed by atoms with Crippen molar-refractivity contribution in [3.8, 4) is 0 Å². The monoisotopic (exact) mass is 449 g/mol. The third kappa shape index (κ3) is 4.06. The zero-order valence-electron chi connectivity index (χ0n) is 16.6. The lowest BCUT2D eigenvalue weighted by molar-refractivity contribution is -0.384. The van der Waals surface area contributed by atoms with Crippen LogP contribution in [-0.4, -0.2) is 15.8 Å². The molecule has 0 radical (unpaired) electrons. The second kappa shape index (κ2) is 8.08. The molecule has 1 saturated carbocycles. The Balaban J connectivity index is 1.46. The molecular weight excluding hydrogens is 433 g/mol. The van der Waals surface area contributed by atoms with Crippen molar-refractivity contribution in [3.05, 3.63) is 88.0 Å². The van der Waals surface area contributed by atoms with Crippen molar-refractivity contribution in [2.45, 2.75) is 28.6 Å². The number of rotatable bonds is 6. The normalized spacial score (nSPS) is 13.3. The summed E-state index contributed by atoms with van der Waals surface area (Å²) in [7, 11) is 0. The zero-order valence-corrected chi connectivity index (χ0v) is 17.4. The van der Waals surface area contributed by atoms with Gasteiger partial charge in [0.2, 0.25) is 0 Å². The highest BCUT2D eigenvalue weighted by Crippen LogP contribution is 2.41. The standard InChI is InChI=1S/C23H16FN3O4S/c24-17-3-1-2-4-21(17)32-20-10-8-15(27(29)30)12-16(20)22(28)25-14-7-9-19-18(11-14)26-23(31-19)13-5-6-13/h1-4,7-13H,5-6H2,(H,25,28). The van der Waals surface area contributed by atoms with Crippen LogP contribution in [0.5, 0.6) is 0 Å². The largest absolute Gasteiger partial charge is 0.440 e. The van der Waals surface area contributed by atoms with Crippen LogP contribution < -0.4 is 5.32 Å². The molecule has 1 heterocycles. The number of nitrogens with zero attached hydrogens (tertiary/aromatic N) is 2. The Morgan fingerprint density at radius 1 is 1.12 bits per heavy atom. The highest BCUT2D eigenvalue weighted by Gasteiger charge is 2.29. The predicted molar refractivity (Wildman–Crippen MR) is 118 cm³/mol. The lowest BCUT2D eigenvalue weighted by Gasteiger charge is -2.10. The Hall–Kier alpha value is -3.72. The average molecular weight is 449 g/mol. The second-order valence-corrected chi connectivity index (χ2v) is 8.52. The highest BCUT2D eigenvalue weighted by molar-refractivity contribution is 7.99. The topological polar surface area (TPSA) is 98.3 Å². The van der Waals surface area contributed by atoms with E-state index in [1.807, 2.05) is 0 Å². The van der Waals surface area contributed by atoms with E-state index in [-0.39, 0.29) is 11.3 Å². The second-order valence-electron chi connectivity index (χ2n) is 7.43. The first-order chi connectivity index (χ1) is 15.5. The van der Waals surface area contributed by atoms with E-state index in [9.17, 15) is 19.3 Å². The van der Waals surface area contributed by atoms with Crippen LogP contribution in [-0.2, 0) is 0 Å². The molecule has 1 amide bonds. The Kier molecular flexibility index (Phi) is 5.10. The van der Waals surface area contributed by atoms with Crippen molar-refractivity contribution in [2.24, 2.45) is 0 Å². The van der Waals surface area contributed by atoms with Crippen LogP contribution in [0.1, 0.15) is 35.0 Å². The molecule has 5 rings (SSSR count). The summed E-state index contributed by atoms with van der Waals surface area (Å²) in [6.45, 7) is 0. The molecule has 1 aliphatic rings. The van der Waals surface area contributed by atoms with Crippen LogP contribution in [0.4, 0.5) is 15.8 Å². The molecule has 1 N–H and O–H groups in total. The van der Waals surface area contributed by atoms with E-state index < -0.39 is 16.6 Å². The van der Waals surface area contributed by atoms with Crippen LogP contribution >= 0.6 is 11.8 Å². The van der Waals surface area contributed by atoms with Crippen molar-refractivity contribution in [3.63, 3.8) is 0 Å². The number of anilines is 1. The molecule has 32 heavy (non-hydrogen) atoms. The summed E-state index contributed by atoms with van der Waals surface area (Å²) in [5.74, 6) is 0.0805. The Bertz CT molecular complexity index is 1370. The number of hydrogen-bond donors (Lipinski definition) is 1. The lowest BCUT2D eigenvalue weighted by atomic mass is 10.1. The molecule has 0 saturated heterocycles. The van der Waals surface area contributed by atoms with Gasteiger partial charge in [0.15, 0.2) is 11.5 Å². The molecule has 0 atom stereocenters. The minimum atomic E-state index is -0.574. The van der Waals surface area contributed by atoms with Gasteiger partial charge in [-0.1, -0.05) is 23.9 Å². The van der Waals surface area contributed by atoms with Crippen LogP contribution in [0, 0.1) is 15.9 Å². The van der Waals surface area contributed by atoms with Gasteiger partial charge >= 0.3 is 0 Å². The van der Waals surface area contributed by atoms with Gasteiger partial charge in [0, 0.05) is 33.5 Å². The van der Waals surface area contributed by atoms with Gasteiger partial charge in [0.25, 0.3) is 11.6 Å². The summed E-state index contributed by atoms with van der Waals surface area (Å²) in [6.07, 6.45) is 2.12. The number of fused-ring (bicyclic) bond motifs is 1. The van der Waals surface area contributed by atoms with Crippen LogP contribution in [0.15, 0.2) is 74.9 Å². The smallest absolute Gasteiger partial charge is 0.270 e. The molecule has 1 fully saturated rings. The van der Waals surface area contributed by atoms with Crippen LogP contribution in [0.3, 0.4) is 0 Å². The minimum absolute atomic E-state index is 0.0753. The van der Waals surface area contributed by atoms with Crippen LogP contribution in [0.2, 0.25) is 0 Å². The van der Waals surface area contributed by atoms with E-state index in [1.54, 1.807) is 36.4 Å². The van der Waals surface area contributed by atoms with Gasteiger partial charge in [-0.3, -0.25) is 14.9 Å². The number of carbonyl (C=O) groups is 1. The first-order valence-electron chi connectivity index (χ1n) is 9.90. The predicted octanol–water partition coefficient (Wildman–Crippen LogP) is 6.16. The average Bonchev–Trinajstić information content (AvgIpc) is 3.54. The quantitative estimate of drug-likeness (QED) is 0.280. The summed E-state index contributed by atoms with van der Waals surface area (Å²) in [4.78, 5) is 28.9. The molecule has 7 nitrogen and oxygen atoms in total. The van der Waals surface area contributed by atoms with E-state index >= 15 is 0 Å². The number of halogens is 1. The summed E-state index contributed by atoms with van der Waals surface area (Å²) >= 11 is 1.03. The maximum Gasteiger partial charge on any atom is 0.270 e. The van der Waals surface area contributed by atoms with Gasteiger partial charge in [0.1, 0.15) is 11.3 Å². The fraction of sp³-hybridized carbons (Fsp3) is 0.130. The van der Waals surface area contributed by atoms with Crippen molar-refractivity contribution in [1.29, 1.82) is 0 Å². The number of benzene rings is 3. The van der Waals surface area contributed by atoms with Gasteiger partial charge in [-0.2, -0.15) is 0 Å². The Labute approximate surface area is 185 Å². The van der Waals surface area contributed by atoms with Crippen molar-refractivity contribution < 1.29 is 18.5 Å². The molecule has 0 unspecified atom stereocenters. The zero-order chi connectivity index (χ0) is 22.2. The molecule has 1 aromatic heterocycles. The number of hydrogen-bond acceptors (Lipinski definition) is 6. The summed E-state index contributed by atoms with van der Waals surface area (Å²) < 4.78 is 19.9. The SMILES string of the molecule is O=C(Nc1ccc2oc(C3CC3)nc2c1)c1cc([N+](=O)[O-])ccc1Sc1ccccc1F. The molecule has 9 heteroatoms. The molecule has 4 aromatic rings. The fourth-order valence-corrected chi connectivity index (χ4v) is 4.22. The lowest BCUT2D eigenvalue weighted by Crippen LogP contribution is -2.13. The fourth-order valence-electron chi connectivity index (χ4n) is 3.27. The first-order valence-corrected chi connectivity index (χ1v) is 10.7. The van der Waals surface area contributed by atoms with E-state index in [4.69, 9.17) is 4.42 Å². The van der Waals surface area contributed by atoms with Gasteiger partial charge in [-0.15, -0.1) is 0 Å². The first kappa shape index (κ1) is 20.2. The number of nitrogens with one attached hydrogen (secondary N) is 1. The van der Waals surface area contributed by atoms with Gasteiger partial charge < -0.3 is 9.73 Å². The van der Waals surface area contributed by atoms with E-state index in [0.29, 0.717) is 38.4 Å². The highest BCUT2D eigenvalue weighted by atomic mass is 32.2. The Morgan fingerprint density at radius 3 is 2.69 bits per heavy atom. The van der Waals surface area contributed by atoms with Gasteiger partial charge in [0.05, 0.1) is 10.5 Å². The summed E-state index contributed by atoms with van der Waals surface area (Å²) in [5.41, 5.74) is 1.59. The summed E-state index contributed by atoms with van der Waals surface area (Å²) in [5, 5.41) is 14.0. The van der Waals surface area contributed by atoms with Crippen molar-refractivity contribution >= 4 is 40.1 Å². The van der Waals surface area contributed by atoms with Crippen molar-refractivity contribution in [2.75, 3.05) is 5.32 Å². The number of nitro benzene ring substituents is 1. The number of nitro groups is 1. The summed E-state index contributed by atoms with van der Waals surface area (Å²) in [6, 6.07) is 15.2. The van der Waals surface area contributed by atoms with Gasteiger partial charge in [-0.05, 0) is 49.2 Å².